The number of halogens is 1. The highest BCUT2D eigenvalue weighted by molar-refractivity contribution is 14.0. The lowest BCUT2D eigenvalue weighted by Gasteiger charge is -2.10. The molecule has 0 saturated heterocycles. The first-order valence-corrected chi connectivity index (χ1v) is 5.99. The van der Waals surface area contributed by atoms with Crippen molar-refractivity contribution in [1.29, 1.82) is 0 Å². The standard InChI is InChI=1S/C13H21N3O.HI/c1-3-15-13(14-2)16-10-7-11-17-12-8-5-4-6-9-12;/h4-6,8-9H,3,7,10-11H2,1-2H3,(H2,14,15,16);1H. The lowest BCUT2D eigenvalue weighted by Crippen LogP contribution is -2.37. The summed E-state index contributed by atoms with van der Waals surface area (Å²) in [5.74, 6) is 1.76. The smallest absolute Gasteiger partial charge is 0.190 e. The maximum absolute atomic E-state index is 5.58. The summed E-state index contributed by atoms with van der Waals surface area (Å²) in [4.78, 5) is 4.09. The van der Waals surface area contributed by atoms with Gasteiger partial charge < -0.3 is 15.4 Å². The molecule has 0 unspecified atom stereocenters. The third-order valence-corrected chi connectivity index (χ3v) is 2.19. The average Bonchev–Trinajstić information content (AvgIpc) is 2.38. The van der Waals surface area contributed by atoms with E-state index < -0.39 is 0 Å². The molecule has 0 saturated carbocycles. The molecule has 0 heterocycles. The molecule has 4 nitrogen and oxygen atoms in total. The van der Waals surface area contributed by atoms with Crippen LogP contribution in [0.15, 0.2) is 35.3 Å². The van der Waals surface area contributed by atoms with Crippen molar-refractivity contribution in [2.45, 2.75) is 13.3 Å². The van der Waals surface area contributed by atoms with E-state index in [1.807, 2.05) is 37.3 Å². The first-order chi connectivity index (χ1) is 8.36. The molecule has 0 aliphatic heterocycles. The fourth-order valence-electron chi connectivity index (χ4n) is 1.37. The van der Waals surface area contributed by atoms with Gasteiger partial charge in [-0.3, -0.25) is 4.99 Å². The van der Waals surface area contributed by atoms with Gasteiger partial charge in [-0.15, -0.1) is 24.0 Å². The Morgan fingerprint density at radius 2 is 1.94 bits per heavy atom. The van der Waals surface area contributed by atoms with Gasteiger partial charge in [0.25, 0.3) is 0 Å². The highest BCUT2D eigenvalue weighted by atomic mass is 127. The van der Waals surface area contributed by atoms with Crippen LogP contribution in [0.3, 0.4) is 0 Å². The molecule has 0 atom stereocenters. The van der Waals surface area contributed by atoms with Crippen LogP contribution in [0.5, 0.6) is 5.75 Å². The number of benzene rings is 1. The quantitative estimate of drug-likeness (QED) is 0.353. The first kappa shape index (κ1) is 17.0. The summed E-state index contributed by atoms with van der Waals surface area (Å²) in [6.07, 6.45) is 0.944. The zero-order valence-electron chi connectivity index (χ0n) is 11.0. The maximum Gasteiger partial charge on any atom is 0.190 e. The summed E-state index contributed by atoms with van der Waals surface area (Å²) in [5.41, 5.74) is 0. The predicted molar refractivity (Wildman–Crippen MR) is 87.0 cm³/mol. The minimum atomic E-state index is 0. The number of nitrogens with zero attached hydrogens (tertiary/aromatic N) is 1. The van der Waals surface area contributed by atoms with Gasteiger partial charge in [0.1, 0.15) is 5.75 Å². The molecule has 0 spiro atoms. The van der Waals surface area contributed by atoms with E-state index in [1.54, 1.807) is 7.05 Å². The second kappa shape index (κ2) is 11.1. The molecule has 0 bridgehead atoms. The van der Waals surface area contributed by atoms with E-state index in [2.05, 4.69) is 15.6 Å². The molecule has 0 amide bonds. The van der Waals surface area contributed by atoms with E-state index in [-0.39, 0.29) is 24.0 Å². The Hall–Kier alpha value is -0.980. The molecule has 0 aliphatic rings. The second-order valence-electron chi connectivity index (χ2n) is 3.54. The summed E-state index contributed by atoms with van der Waals surface area (Å²) in [6.45, 7) is 4.48. The summed E-state index contributed by atoms with van der Waals surface area (Å²) in [7, 11) is 1.77. The molecular weight excluding hydrogens is 341 g/mol. The molecule has 2 N–H and O–H groups in total. The average molecular weight is 363 g/mol. The molecule has 102 valence electrons. The topological polar surface area (TPSA) is 45.7 Å². The Labute approximate surface area is 126 Å². The number of nitrogens with one attached hydrogen (secondary N) is 2. The van der Waals surface area contributed by atoms with E-state index in [4.69, 9.17) is 4.74 Å². The van der Waals surface area contributed by atoms with Crippen molar-refractivity contribution in [1.82, 2.24) is 10.6 Å². The van der Waals surface area contributed by atoms with Gasteiger partial charge in [0, 0.05) is 20.1 Å². The van der Waals surface area contributed by atoms with Gasteiger partial charge in [-0.25, -0.2) is 0 Å². The van der Waals surface area contributed by atoms with Crippen molar-refractivity contribution < 1.29 is 4.74 Å². The van der Waals surface area contributed by atoms with E-state index in [1.165, 1.54) is 0 Å². The third-order valence-electron chi connectivity index (χ3n) is 2.19. The lowest BCUT2D eigenvalue weighted by molar-refractivity contribution is 0.311. The van der Waals surface area contributed by atoms with Crippen LogP contribution in [0.2, 0.25) is 0 Å². The maximum atomic E-state index is 5.58. The van der Waals surface area contributed by atoms with Crippen LogP contribution >= 0.6 is 24.0 Å². The van der Waals surface area contributed by atoms with Crippen molar-refractivity contribution in [3.05, 3.63) is 30.3 Å². The molecule has 0 radical (unpaired) electrons. The zero-order valence-corrected chi connectivity index (χ0v) is 13.3. The van der Waals surface area contributed by atoms with Crippen molar-refractivity contribution in [3.63, 3.8) is 0 Å². The van der Waals surface area contributed by atoms with E-state index in [9.17, 15) is 0 Å². The number of aliphatic imine (C=N–C) groups is 1. The van der Waals surface area contributed by atoms with Crippen molar-refractivity contribution in [2.24, 2.45) is 4.99 Å². The molecule has 1 aromatic carbocycles. The zero-order chi connectivity index (χ0) is 12.3. The molecule has 0 fully saturated rings. The summed E-state index contributed by atoms with van der Waals surface area (Å²) in [5, 5.41) is 6.35. The molecule has 0 aromatic heterocycles. The lowest BCUT2D eigenvalue weighted by atomic mass is 10.3. The molecule has 1 rings (SSSR count). The first-order valence-electron chi connectivity index (χ1n) is 5.99. The summed E-state index contributed by atoms with van der Waals surface area (Å²) in [6, 6.07) is 9.85. The number of rotatable bonds is 6. The highest BCUT2D eigenvalue weighted by Crippen LogP contribution is 2.07. The van der Waals surface area contributed by atoms with Crippen LogP contribution in [0.25, 0.3) is 0 Å². The Bertz CT molecular complexity index is 330. The monoisotopic (exact) mass is 363 g/mol. The third kappa shape index (κ3) is 7.37. The Kier molecular flexibility index (Phi) is 10.5. The molecule has 5 heteroatoms. The highest BCUT2D eigenvalue weighted by Gasteiger charge is 1.95. The number of para-hydroxylation sites is 1. The Balaban J connectivity index is 0.00000289. The molecular formula is C13H22IN3O. The van der Waals surface area contributed by atoms with Gasteiger partial charge in [-0.1, -0.05) is 18.2 Å². The predicted octanol–water partition coefficient (Wildman–Crippen LogP) is 2.26. The van der Waals surface area contributed by atoms with Crippen LogP contribution in [0.1, 0.15) is 13.3 Å². The molecule has 18 heavy (non-hydrogen) atoms. The second-order valence-corrected chi connectivity index (χ2v) is 3.54. The normalized spacial score (nSPS) is 10.4. The molecule has 1 aromatic rings. The minimum absolute atomic E-state index is 0. The van der Waals surface area contributed by atoms with Crippen LogP contribution in [0.4, 0.5) is 0 Å². The summed E-state index contributed by atoms with van der Waals surface area (Å²) >= 11 is 0. The van der Waals surface area contributed by atoms with E-state index in [0.29, 0.717) is 6.61 Å². The van der Waals surface area contributed by atoms with E-state index >= 15 is 0 Å². The van der Waals surface area contributed by atoms with Gasteiger partial charge >= 0.3 is 0 Å². The van der Waals surface area contributed by atoms with Crippen molar-refractivity contribution >= 4 is 29.9 Å². The number of hydrogen-bond acceptors (Lipinski definition) is 2. The van der Waals surface area contributed by atoms with Gasteiger partial charge in [-0.2, -0.15) is 0 Å². The van der Waals surface area contributed by atoms with Gasteiger partial charge in [0.2, 0.25) is 0 Å². The van der Waals surface area contributed by atoms with Crippen LogP contribution in [-0.2, 0) is 0 Å². The summed E-state index contributed by atoms with van der Waals surface area (Å²) < 4.78 is 5.58. The fourth-order valence-corrected chi connectivity index (χ4v) is 1.37. The SMILES string of the molecule is CCNC(=NC)NCCCOc1ccccc1.I. The van der Waals surface area contributed by atoms with E-state index in [0.717, 1.165) is 31.2 Å². The van der Waals surface area contributed by atoms with Gasteiger partial charge in [0.05, 0.1) is 6.61 Å². The Morgan fingerprint density at radius 1 is 1.22 bits per heavy atom. The number of ether oxygens (including phenoxy) is 1. The fraction of sp³-hybridized carbons (Fsp3) is 0.462. The molecule has 0 aliphatic carbocycles. The number of guanidine groups is 1. The van der Waals surface area contributed by atoms with Gasteiger partial charge in [-0.05, 0) is 25.5 Å². The van der Waals surface area contributed by atoms with Crippen molar-refractivity contribution in [3.8, 4) is 5.75 Å². The Morgan fingerprint density at radius 3 is 2.56 bits per heavy atom. The minimum Gasteiger partial charge on any atom is -0.494 e. The van der Waals surface area contributed by atoms with Crippen LogP contribution in [-0.4, -0.2) is 32.7 Å². The van der Waals surface area contributed by atoms with Crippen LogP contribution < -0.4 is 15.4 Å². The van der Waals surface area contributed by atoms with Crippen LogP contribution in [0, 0.1) is 0 Å². The number of hydrogen-bond donors (Lipinski definition) is 2. The largest absolute Gasteiger partial charge is 0.494 e. The van der Waals surface area contributed by atoms with Gasteiger partial charge in [0.15, 0.2) is 5.96 Å². The van der Waals surface area contributed by atoms with Crippen molar-refractivity contribution in [2.75, 3.05) is 26.7 Å².